The molecule has 2 heterocycles. The molecule has 0 aliphatic heterocycles. The fourth-order valence-electron chi connectivity index (χ4n) is 1.64. The van der Waals surface area contributed by atoms with Crippen LogP contribution in [0.3, 0.4) is 0 Å². The average Bonchev–Trinajstić information content (AvgIpc) is 2.96. The van der Waals surface area contributed by atoms with Gasteiger partial charge in [-0.15, -0.1) is 5.10 Å². The third-order valence-electron chi connectivity index (χ3n) is 2.49. The van der Waals surface area contributed by atoms with Crippen molar-refractivity contribution in [3.63, 3.8) is 0 Å². The Morgan fingerprint density at radius 1 is 1.35 bits per heavy atom. The number of aromatic nitrogens is 2. The molecular formula is C11H8ClN3OS. The monoisotopic (exact) mass is 265 g/mol. The van der Waals surface area contributed by atoms with E-state index in [1.165, 1.54) is 11.5 Å². The first-order chi connectivity index (χ1) is 8.24. The molecule has 17 heavy (non-hydrogen) atoms. The van der Waals surface area contributed by atoms with Crippen molar-refractivity contribution in [1.82, 2.24) is 9.59 Å². The van der Waals surface area contributed by atoms with E-state index in [9.17, 15) is 0 Å². The van der Waals surface area contributed by atoms with Crippen LogP contribution in [0, 0.1) is 0 Å². The van der Waals surface area contributed by atoms with Crippen molar-refractivity contribution < 1.29 is 4.42 Å². The standard InChI is InChI=1S/C11H8ClN3OS/c12-7-1-2-8-6(3-7)4-9(16-8)11(13)10-5-14-15-17-10/h1-5,11H,13H2. The molecule has 3 aromatic rings. The lowest BCUT2D eigenvalue weighted by Gasteiger charge is -2.02. The SMILES string of the molecule is NC(c1cc2cc(Cl)ccc2o1)c1cnns1. The molecule has 0 spiro atoms. The predicted molar refractivity (Wildman–Crippen MR) is 67.2 cm³/mol. The van der Waals surface area contributed by atoms with E-state index in [2.05, 4.69) is 9.59 Å². The molecular weight excluding hydrogens is 258 g/mol. The van der Waals surface area contributed by atoms with Crippen molar-refractivity contribution in [2.75, 3.05) is 0 Å². The molecule has 1 unspecified atom stereocenters. The molecule has 0 aliphatic carbocycles. The minimum absolute atomic E-state index is 0.332. The van der Waals surface area contributed by atoms with Crippen LogP contribution in [0.2, 0.25) is 5.02 Å². The van der Waals surface area contributed by atoms with Crippen molar-refractivity contribution in [2.24, 2.45) is 5.73 Å². The molecule has 0 bridgehead atoms. The molecule has 4 nitrogen and oxygen atoms in total. The molecule has 0 saturated heterocycles. The summed E-state index contributed by atoms with van der Waals surface area (Å²) in [4.78, 5) is 0.871. The van der Waals surface area contributed by atoms with Gasteiger partial charge < -0.3 is 10.2 Å². The van der Waals surface area contributed by atoms with Crippen molar-refractivity contribution in [3.05, 3.63) is 46.1 Å². The second-order valence-electron chi connectivity index (χ2n) is 3.63. The van der Waals surface area contributed by atoms with E-state index >= 15 is 0 Å². The van der Waals surface area contributed by atoms with Crippen LogP contribution in [0.1, 0.15) is 16.7 Å². The Morgan fingerprint density at radius 2 is 2.24 bits per heavy atom. The lowest BCUT2D eigenvalue weighted by atomic mass is 10.2. The molecule has 0 radical (unpaired) electrons. The Morgan fingerprint density at radius 3 is 3.00 bits per heavy atom. The first-order valence-corrected chi connectivity index (χ1v) is 6.11. The minimum Gasteiger partial charge on any atom is -0.459 e. The van der Waals surface area contributed by atoms with Gasteiger partial charge in [0.05, 0.1) is 11.1 Å². The van der Waals surface area contributed by atoms with Gasteiger partial charge in [-0.2, -0.15) is 0 Å². The van der Waals surface area contributed by atoms with Crippen LogP contribution in [0.5, 0.6) is 0 Å². The van der Waals surface area contributed by atoms with Gasteiger partial charge in [-0.05, 0) is 35.8 Å². The van der Waals surface area contributed by atoms with Crippen LogP contribution in [0.4, 0.5) is 0 Å². The summed E-state index contributed by atoms with van der Waals surface area (Å²) in [5, 5.41) is 5.39. The third kappa shape index (κ3) is 1.93. The van der Waals surface area contributed by atoms with Crippen LogP contribution in [0.15, 0.2) is 34.9 Å². The largest absolute Gasteiger partial charge is 0.459 e. The second kappa shape index (κ2) is 4.10. The van der Waals surface area contributed by atoms with Crippen LogP contribution in [-0.2, 0) is 0 Å². The summed E-state index contributed by atoms with van der Waals surface area (Å²) in [7, 11) is 0. The molecule has 1 aromatic carbocycles. The summed E-state index contributed by atoms with van der Waals surface area (Å²) in [6.45, 7) is 0. The summed E-state index contributed by atoms with van der Waals surface area (Å²) in [6.07, 6.45) is 1.65. The van der Waals surface area contributed by atoms with E-state index in [0.29, 0.717) is 10.8 Å². The molecule has 0 amide bonds. The quantitative estimate of drug-likeness (QED) is 0.774. The number of furan rings is 1. The fraction of sp³-hybridized carbons (Fsp3) is 0.0909. The van der Waals surface area contributed by atoms with E-state index in [1.807, 2.05) is 18.2 Å². The lowest BCUT2D eigenvalue weighted by Crippen LogP contribution is -2.08. The zero-order valence-electron chi connectivity index (χ0n) is 8.63. The smallest absolute Gasteiger partial charge is 0.134 e. The highest BCUT2D eigenvalue weighted by Crippen LogP contribution is 2.29. The van der Waals surface area contributed by atoms with Crippen molar-refractivity contribution in [3.8, 4) is 0 Å². The summed E-state index contributed by atoms with van der Waals surface area (Å²) >= 11 is 7.18. The highest BCUT2D eigenvalue weighted by atomic mass is 35.5. The maximum absolute atomic E-state index is 6.07. The summed E-state index contributed by atoms with van der Waals surface area (Å²) in [5.41, 5.74) is 6.84. The topological polar surface area (TPSA) is 64.9 Å². The number of nitrogens with two attached hydrogens (primary N) is 1. The maximum atomic E-state index is 6.07. The molecule has 0 fully saturated rings. The number of hydrogen-bond donors (Lipinski definition) is 1. The van der Waals surface area contributed by atoms with Gasteiger partial charge in [0.15, 0.2) is 0 Å². The molecule has 86 valence electrons. The average molecular weight is 266 g/mol. The number of fused-ring (bicyclic) bond motifs is 1. The zero-order chi connectivity index (χ0) is 11.8. The van der Waals surface area contributed by atoms with Crippen molar-refractivity contribution in [2.45, 2.75) is 6.04 Å². The van der Waals surface area contributed by atoms with Gasteiger partial charge >= 0.3 is 0 Å². The summed E-state index contributed by atoms with van der Waals surface area (Å²) in [6, 6.07) is 7.03. The first kappa shape index (κ1) is 10.7. The normalized spacial score (nSPS) is 13.1. The summed E-state index contributed by atoms with van der Waals surface area (Å²) < 4.78 is 9.46. The van der Waals surface area contributed by atoms with Gasteiger partial charge in [0.25, 0.3) is 0 Å². The highest BCUT2D eigenvalue weighted by Gasteiger charge is 2.16. The maximum Gasteiger partial charge on any atom is 0.134 e. The Labute approximate surface area is 106 Å². The number of nitrogens with zero attached hydrogens (tertiary/aromatic N) is 2. The zero-order valence-corrected chi connectivity index (χ0v) is 10.2. The van der Waals surface area contributed by atoms with Crippen molar-refractivity contribution in [1.29, 1.82) is 0 Å². The second-order valence-corrected chi connectivity index (χ2v) is 4.88. The van der Waals surface area contributed by atoms with Gasteiger partial charge in [0.1, 0.15) is 17.4 Å². The van der Waals surface area contributed by atoms with Gasteiger partial charge in [-0.3, -0.25) is 0 Å². The Balaban J connectivity index is 2.06. The molecule has 1 atom stereocenters. The van der Waals surface area contributed by atoms with Gasteiger partial charge in [-0.1, -0.05) is 16.1 Å². The van der Waals surface area contributed by atoms with Crippen LogP contribution in [-0.4, -0.2) is 9.59 Å². The van der Waals surface area contributed by atoms with Crippen LogP contribution >= 0.6 is 23.1 Å². The highest BCUT2D eigenvalue weighted by molar-refractivity contribution is 7.05. The number of hydrogen-bond acceptors (Lipinski definition) is 5. The Kier molecular flexibility index (Phi) is 2.58. The molecule has 3 rings (SSSR count). The van der Waals surface area contributed by atoms with Gasteiger partial charge in [-0.25, -0.2) is 0 Å². The van der Waals surface area contributed by atoms with E-state index < -0.39 is 0 Å². The van der Waals surface area contributed by atoms with Gasteiger partial charge in [0.2, 0.25) is 0 Å². The number of halogens is 1. The molecule has 6 heteroatoms. The van der Waals surface area contributed by atoms with E-state index in [0.717, 1.165) is 15.8 Å². The first-order valence-electron chi connectivity index (χ1n) is 4.96. The fourth-order valence-corrected chi connectivity index (χ4v) is 2.33. The molecule has 2 N–H and O–H groups in total. The van der Waals surface area contributed by atoms with Gasteiger partial charge in [0, 0.05) is 10.4 Å². The molecule has 0 saturated carbocycles. The Bertz CT molecular complexity index is 650. The lowest BCUT2D eigenvalue weighted by molar-refractivity contribution is 0.527. The van der Waals surface area contributed by atoms with Crippen LogP contribution < -0.4 is 5.73 Å². The Hall–Kier alpha value is -1.43. The van der Waals surface area contributed by atoms with Crippen LogP contribution in [0.25, 0.3) is 11.0 Å². The minimum atomic E-state index is -0.332. The van der Waals surface area contributed by atoms with Crippen molar-refractivity contribution >= 4 is 34.1 Å². The van der Waals surface area contributed by atoms with E-state index in [-0.39, 0.29) is 6.04 Å². The molecule has 2 aromatic heterocycles. The number of benzene rings is 1. The third-order valence-corrected chi connectivity index (χ3v) is 3.47. The van der Waals surface area contributed by atoms with E-state index in [4.69, 9.17) is 21.8 Å². The number of rotatable bonds is 2. The summed E-state index contributed by atoms with van der Waals surface area (Å²) in [5.74, 6) is 0.688. The predicted octanol–water partition coefficient (Wildman–Crippen LogP) is 2.99. The van der Waals surface area contributed by atoms with E-state index in [1.54, 1.807) is 12.3 Å². The molecule has 0 aliphatic rings.